The molecule has 0 unspecified atom stereocenters. The number of methoxy groups -OCH3 is 1. The maximum absolute atomic E-state index is 12.6. The number of rotatable bonds is 53. The van der Waals surface area contributed by atoms with Crippen molar-refractivity contribution in [2.45, 2.75) is 217 Å². The number of halogens is 1. The number of hydrogen-bond donors (Lipinski definition) is 16. The highest BCUT2D eigenvalue weighted by Gasteiger charge is 2.20. The molecule has 99 heavy (non-hydrogen) atoms. The number of ether oxygens (including phenoxy) is 1. The Morgan fingerprint density at radius 3 is 1.28 bits per heavy atom. The number of aryl methyl sites for hydroxylation is 2. The van der Waals surface area contributed by atoms with E-state index in [0.717, 1.165) is 129 Å². The molecule has 1 aromatic carbocycles. The number of benzene rings is 1. The van der Waals surface area contributed by atoms with Crippen LogP contribution in [0.25, 0.3) is 0 Å². The average molecular weight is 1540 g/mol. The second-order valence-corrected chi connectivity index (χ2v) is 24.2. The number of nitrogen functional groups attached to an aromatic ring is 2. The first-order chi connectivity index (χ1) is 44.5. The molecule has 0 saturated carbocycles. The quantitative estimate of drug-likeness (QED) is 0.0256. The van der Waals surface area contributed by atoms with Gasteiger partial charge in [-0.15, -0.1) is 0 Å². The van der Waals surface area contributed by atoms with E-state index in [1.807, 2.05) is 0 Å². The van der Waals surface area contributed by atoms with Crippen molar-refractivity contribution in [3.05, 3.63) is 46.2 Å². The monoisotopic (exact) mass is 1530 g/mol. The molecule has 6 atom stereocenters. The molecule has 578 valence electrons. The fraction of sp³-hybridized carbons (Fsp3) is 0.719. The van der Waals surface area contributed by atoms with E-state index in [-0.39, 0.29) is 145 Å². The number of carbonyl (C=O) groups is 7. The molecule has 5 amide bonds. The number of guanidine groups is 1. The lowest BCUT2D eigenvalue weighted by atomic mass is 10.00. The van der Waals surface area contributed by atoms with Gasteiger partial charge in [0.05, 0.1) is 42.9 Å². The summed E-state index contributed by atoms with van der Waals surface area (Å²) in [7, 11) is 1.65. The highest BCUT2D eigenvalue weighted by Crippen LogP contribution is 2.18. The van der Waals surface area contributed by atoms with Gasteiger partial charge in [0.25, 0.3) is 5.91 Å². The smallest absolute Gasteiger partial charge is 0.280 e. The van der Waals surface area contributed by atoms with Crippen molar-refractivity contribution in [2.75, 3.05) is 90.6 Å². The Bertz CT molecular complexity index is 2390. The van der Waals surface area contributed by atoms with E-state index < -0.39 is 42.2 Å². The number of nitrogens with one attached hydrogen (secondary N) is 5. The summed E-state index contributed by atoms with van der Waals surface area (Å²) in [6.07, 6.45) is 19.1. The first-order valence-corrected chi connectivity index (χ1v) is 34.0. The molecule has 28 nitrogen and oxygen atoms in total. The second kappa shape index (κ2) is 67.2. The van der Waals surface area contributed by atoms with Gasteiger partial charge in [0.1, 0.15) is 11.6 Å². The van der Waals surface area contributed by atoms with Crippen LogP contribution in [0.3, 0.4) is 0 Å². The zero-order valence-electron chi connectivity index (χ0n) is 58.9. The van der Waals surface area contributed by atoms with Gasteiger partial charge in [-0.1, -0.05) is 80.0 Å². The summed E-state index contributed by atoms with van der Waals surface area (Å²) in [5.74, 6) is -1.50. The third-order valence-corrected chi connectivity index (χ3v) is 15.9. The van der Waals surface area contributed by atoms with Gasteiger partial charge in [-0.3, -0.25) is 43.9 Å². The summed E-state index contributed by atoms with van der Waals surface area (Å²) in [4.78, 5) is 100. The number of nitrogens with two attached hydrogens (primary N) is 11. The average Bonchev–Trinajstić information content (AvgIpc) is 0.851. The molecule has 0 spiro atoms. The molecular formula is C64H131ClN20O8S6. The highest BCUT2D eigenvalue weighted by molar-refractivity contribution is 7.60. The predicted molar refractivity (Wildman–Crippen MR) is 433 cm³/mol. The SMILES string of the molecule is COCCN(CCCNC(=O)[C@@H](N)CCCCCC(=O)[C@@H](N)CCCCNC(=O)[C@@H](N)CCCCN)CCCNC(=O)[C@@H](N)CCCCCC(=O)[C@@H](N)CCCCNC(=O)[C@@H](N)CCCCN.Cc1ccc(CCCCN=C(N)NC(=O)c2nc(Cl)c(N)nc2N)cc1.S.S.S.S.S.S. The van der Waals surface area contributed by atoms with Gasteiger partial charge >= 0.3 is 0 Å². The van der Waals surface area contributed by atoms with Gasteiger partial charge in [-0.05, 0) is 161 Å². The van der Waals surface area contributed by atoms with Crippen molar-refractivity contribution in [1.29, 1.82) is 0 Å². The Balaban J connectivity index is -0.000000566. The number of anilines is 2. The molecule has 27 N–H and O–H groups in total. The first-order valence-electron chi connectivity index (χ1n) is 33.6. The Morgan fingerprint density at radius 2 is 0.879 bits per heavy atom. The molecule has 0 radical (unpaired) electrons. The minimum atomic E-state index is -0.641. The number of nitrogens with zero attached hydrogens (tertiary/aromatic N) is 4. The Morgan fingerprint density at radius 1 is 0.495 bits per heavy atom. The van der Waals surface area contributed by atoms with Crippen LogP contribution in [-0.4, -0.2) is 177 Å². The van der Waals surface area contributed by atoms with Crippen molar-refractivity contribution in [3.63, 3.8) is 0 Å². The number of aliphatic imine (C=N–C) groups is 1. The number of Topliss-reactive ketones (excluding diaryl/α,β-unsaturated/α-hetero) is 2. The van der Waals surface area contributed by atoms with Crippen LogP contribution in [0.1, 0.15) is 189 Å². The molecule has 35 heteroatoms. The third-order valence-electron chi connectivity index (χ3n) is 15.6. The van der Waals surface area contributed by atoms with Gasteiger partial charge in [-0.2, -0.15) is 81.0 Å². The Labute approximate surface area is 636 Å². The number of unbranched alkanes of at least 4 members (excludes halogenated alkanes) is 9. The number of carbonyl (C=O) groups excluding carboxylic acids is 7. The molecule has 0 saturated heterocycles. The summed E-state index contributed by atoms with van der Waals surface area (Å²) >= 11 is 5.75. The van der Waals surface area contributed by atoms with Crippen LogP contribution < -0.4 is 89.7 Å². The van der Waals surface area contributed by atoms with Gasteiger partial charge < -0.3 is 94.0 Å². The van der Waals surface area contributed by atoms with Crippen molar-refractivity contribution >= 4 is 151 Å². The predicted octanol–water partition coefficient (Wildman–Crippen LogP) is 2.13. The number of aromatic nitrogens is 2. The summed E-state index contributed by atoms with van der Waals surface area (Å²) in [6, 6.07) is 5.09. The largest absolute Gasteiger partial charge is 0.383 e. The normalized spacial score (nSPS) is 12.6. The molecule has 1 aromatic heterocycles. The van der Waals surface area contributed by atoms with Crippen LogP contribution in [0.15, 0.2) is 29.3 Å². The van der Waals surface area contributed by atoms with Crippen molar-refractivity contribution in [3.8, 4) is 0 Å². The van der Waals surface area contributed by atoms with Gasteiger partial charge in [0, 0.05) is 59.2 Å². The van der Waals surface area contributed by atoms with E-state index in [1.54, 1.807) is 7.11 Å². The van der Waals surface area contributed by atoms with E-state index in [1.165, 1.54) is 11.1 Å². The van der Waals surface area contributed by atoms with E-state index >= 15 is 0 Å². The van der Waals surface area contributed by atoms with E-state index in [0.29, 0.717) is 117 Å². The molecule has 1 heterocycles. The molecule has 0 aliphatic heterocycles. The molecule has 0 aliphatic rings. The third kappa shape index (κ3) is 53.5. The van der Waals surface area contributed by atoms with Crippen LogP contribution in [0.5, 0.6) is 0 Å². The summed E-state index contributed by atoms with van der Waals surface area (Å²) < 4.78 is 5.28. The van der Waals surface area contributed by atoms with Gasteiger partial charge in [0.15, 0.2) is 28.4 Å². The lowest BCUT2D eigenvalue weighted by Gasteiger charge is -2.22. The molecule has 0 bridgehead atoms. The minimum Gasteiger partial charge on any atom is -0.383 e. The van der Waals surface area contributed by atoms with E-state index in [9.17, 15) is 33.6 Å². The maximum atomic E-state index is 12.6. The Kier molecular flexibility index (Phi) is 72.0. The molecule has 0 fully saturated rings. The number of amides is 5. The fourth-order valence-electron chi connectivity index (χ4n) is 9.64. The van der Waals surface area contributed by atoms with Crippen LogP contribution in [0.4, 0.5) is 11.6 Å². The maximum Gasteiger partial charge on any atom is 0.280 e. The molecule has 0 aliphatic carbocycles. The van der Waals surface area contributed by atoms with Gasteiger partial charge in [0.2, 0.25) is 23.6 Å². The van der Waals surface area contributed by atoms with Crippen LogP contribution in [-0.2, 0) is 39.9 Å². The Hall–Kier alpha value is -3.95. The number of ketones is 2. The summed E-state index contributed by atoms with van der Waals surface area (Å²) in [5.41, 5.74) is 66.4. The van der Waals surface area contributed by atoms with Crippen molar-refractivity contribution < 1.29 is 38.3 Å². The van der Waals surface area contributed by atoms with E-state index in [4.69, 9.17) is 79.4 Å². The first kappa shape index (κ1) is 106. The standard InChI is InChI=1S/C47H97N13O7.C17H22ClN7O.6H2S/c1-67-35-34-60(32-16-30-58-46(65)38(52)20-4-2-6-24-42(61)36(50)18-10-14-28-56-44(63)40(54)22-8-12-26-48)33-17-31-59-47(66)39(53)21-5-3-7-25-43(62)37(51)19-11-15-29-57-45(64)41(55)23-9-13-27-49;1-10-5-7-11(8-6-10)4-2-3-9-22-17(21)25-16(26)12-14(19)24-15(20)13(18)23-12;;;;;;/h36-41H,2-35,48-55H2,1H3,(H,56,63)(H,57,64)(H,58,65)(H,59,66);5-8H,2-4,9H2,1H3,(H4,19,20,24)(H3,21,22,25,26);6*1H2/t36-,37-,38-,39-,40-,41-;;;;;;;/m0......./s1. The minimum absolute atomic E-state index is 0. The van der Waals surface area contributed by atoms with Crippen LogP contribution in [0.2, 0.25) is 5.15 Å². The second-order valence-electron chi connectivity index (χ2n) is 23.8. The molecule has 2 aromatic rings. The van der Waals surface area contributed by atoms with Gasteiger partial charge in [-0.25, -0.2) is 9.97 Å². The zero-order valence-corrected chi connectivity index (χ0v) is 65.7. The molecular weight excluding hydrogens is 1400 g/mol. The summed E-state index contributed by atoms with van der Waals surface area (Å²) in [6.45, 7) is 8.47. The fourth-order valence-corrected chi connectivity index (χ4v) is 9.77. The number of hydrogen-bond acceptors (Lipinski definition) is 22. The van der Waals surface area contributed by atoms with Crippen LogP contribution >= 0.6 is 92.6 Å². The molecule has 2 rings (SSSR count). The topological polar surface area (TPSA) is 516 Å². The van der Waals surface area contributed by atoms with Crippen molar-refractivity contribution in [1.82, 2.24) is 41.5 Å². The van der Waals surface area contributed by atoms with Crippen molar-refractivity contribution in [2.24, 2.45) is 56.6 Å². The lowest BCUT2D eigenvalue weighted by Crippen LogP contribution is -2.42. The zero-order chi connectivity index (χ0) is 69.2. The van der Waals surface area contributed by atoms with E-state index in [2.05, 4.69) is 77.6 Å². The summed E-state index contributed by atoms with van der Waals surface area (Å²) in [5, 5.41) is 13.9. The highest BCUT2D eigenvalue weighted by atomic mass is 35.5. The lowest BCUT2D eigenvalue weighted by molar-refractivity contribution is -0.123. The van der Waals surface area contributed by atoms with Crippen LogP contribution in [0, 0.1) is 6.92 Å².